The molecule has 10 aliphatic rings. The van der Waals surface area contributed by atoms with Crippen molar-refractivity contribution in [2.45, 2.75) is 153 Å². The molecule has 0 bridgehead atoms. The van der Waals surface area contributed by atoms with Crippen LogP contribution in [-0.2, 0) is 38.1 Å². The molecular weight excluding hydrogens is 1100 g/mol. The van der Waals surface area contributed by atoms with Crippen LogP contribution in [0.15, 0.2) is 84.0 Å². The van der Waals surface area contributed by atoms with Gasteiger partial charge >= 0.3 is 5.97 Å². The third kappa shape index (κ3) is 7.87. The zero-order valence-corrected chi connectivity index (χ0v) is 44.3. The average Bonchev–Trinajstić information content (AvgIpc) is 1.82. The Labute approximate surface area is 467 Å². The van der Waals surface area contributed by atoms with Crippen LogP contribution in [0.2, 0.25) is 0 Å². The molecule has 2 aromatic carbocycles. The molecule has 3 N–H and O–H groups in total. The standard InChI is InChI=1S/C30H31F4NO6S.C27H26F4O6.2CH4/c1-27-8-7-15(36)10-19(27)21(33)11-18-17-12-23-30(25(38)42-26(39)35(3)4,28(17,2)13-22(37)29(18,27)34)41-24(40-23)16-6-5-14(31)9-20(16)32;1-24-6-5-13(32)8-17(24)19(30)9-16-15-10-21-27(23(34)35,25(15,2)11-20(33)26(16,24)31)37-22(36-21)14-4-3-12(28)7-18(14)29;;/h5-10,17-18,21-24,37H,11-13H2,1-4H3;3-8,15-16,19-22,33H,9-11H2,1-2H3,(H,34,35);2*1H4/t17-,18-,21-,22-,23+,24?,27-,28-,29-,30-;15-,16-,19-,20-,21+,22?,24-,25-,26-,27-;;/m00../s1. The summed E-state index contributed by atoms with van der Waals surface area (Å²) >= 11 is 0.360. The zero-order chi connectivity index (χ0) is 57.3. The lowest BCUT2D eigenvalue weighted by molar-refractivity contribution is -0.240. The number of hydrogen-bond acceptors (Lipinski definition) is 12. The lowest BCUT2D eigenvalue weighted by Crippen LogP contribution is -2.70. The van der Waals surface area contributed by atoms with E-state index < -0.39 is 168 Å². The van der Waals surface area contributed by atoms with Gasteiger partial charge in [-0.2, -0.15) is 0 Å². The fourth-order valence-electron chi connectivity index (χ4n) is 16.5. The number of ether oxygens (including phenoxy) is 4. The van der Waals surface area contributed by atoms with Crippen LogP contribution in [-0.4, -0.2) is 122 Å². The molecule has 440 valence electrons. The second-order valence-electron chi connectivity index (χ2n) is 24.0. The number of allylic oxidation sites excluding steroid dienone is 8. The van der Waals surface area contributed by atoms with Crippen molar-refractivity contribution in [1.82, 2.24) is 4.90 Å². The summed E-state index contributed by atoms with van der Waals surface area (Å²) in [5.41, 5.74) is -15.3. The highest BCUT2D eigenvalue weighted by molar-refractivity contribution is 8.26. The predicted molar refractivity (Wildman–Crippen MR) is 276 cm³/mol. The molecular formula is C59H65F8NO12S. The van der Waals surface area contributed by atoms with Gasteiger partial charge in [0.1, 0.15) is 41.7 Å². The number of thioether (sulfide) groups is 1. The Morgan fingerprint density at radius 2 is 1.02 bits per heavy atom. The molecule has 0 radical (unpaired) electrons. The highest BCUT2D eigenvalue weighted by Gasteiger charge is 2.83. The van der Waals surface area contributed by atoms with Gasteiger partial charge in [-0.15, -0.1) is 0 Å². The number of nitrogens with zero attached hydrogens (tertiary/aromatic N) is 1. The molecule has 8 aliphatic carbocycles. The number of carbonyl (C=O) groups excluding carboxylic acids is 4. The summed E-state index contributed by atoms with van der Waals surface area (Å²) in [7, 11) is 2.91. The molecule has 81 heavy (non-hydrogen) atoms. The van der Waals surface area contributed by atoms with Gasteiger partial charge in [-0.25, -0.2) is 39.9 Å². The minimum absolute atomic E-state index is 0. The number of aliphatic hydroxyl groups is 2. The molecule has 2 unspecified atom stereocenters. The molecule has 8 fully saturated rings. The highest BCUT2D eigenvalue weighted by Crippen LogP contribution is 2.75. The Morgan fingerprint density at radius 3 is 1.42 bits per heavy atom. The van der Waals surface area contributed by atoms with E-state index in [9.17, 15) is 56.9 Å². The molecule has 2 aromatic rings. The van der Waals surface area contributed by atoms with Gasteiger partial charge in [0.2, 0.25) is 5.12 Å². The predicted octanol–water partition coefficient (Wildman–Crippen LogP) is 10.4. The van der Waals surface area contributed by atoms with E-state index in [4.69, 9.17) is 18.9 Å². The van der Waals surface area contributed by atoms with Crippen molar-refractivity contribution >= 4 is 39.7 Å². The first-order valence-electron chi connectivity index (χ1n) is 26.1. The van der Waals surface area contributed by atoms with Crippen LogP contribution in [0.1, 0.15) is 105 Å². The number of halogens is 8. The van der Waals surface area contributed by atoms with Crippen LogP contribution in [0.3, 0.4) is 0 Å². The lowest BCUT2D eigenvalue weighted by atomic mass is 9.44. The fourth-order valence-corrected chi connectivity index (χ4v) is 17.4. The number of hydrogen-bond donors (Lipinski definition) is 3. The van der Waals surface area contributed by atoms with Gasteiger partial charge in [0.05, 0.1) is 18.3 Å². The van der Waals surface area contributed by atoms with E-state index in [0.717, 1.165) is 42.5 Å². The average molecular weight is 1160 g/mol. The molecule has 22 heteroatoms. The minimum Gasteiger partial charge on any atom is -0.479 e. The number of carbonyl (C=O) groups is 5. The number of carboxylic acids is 1. The fraction of sp³-hybridized carbons (Fsp3) is 0.576. The van der Waals surface area contributed by atoms with E-state index in [2.05, 4.69) is 0 Å². The first-order valence-corrected chi connectivity index (χ1v) is 26.9. The van der Waals surface area contributed by atoms with Gasteiger partial charge in [-0.3, -0.25) is 19.2 Å². The van der Waals surface area contributed by atoms with Gasteiger partial charge < -0.3 is 39.2 Å². The van der Waals surface area contributed by atoms with Crippen molar-refractivity contribution < 1.29 is 93.4 Å². The number of fused-ring (bicyclic) bond motifs is 14. The van der Waals surface area contributed by atoms with E-state index in [1.54, 1.807) is 13.8 Å². The lowest BCUT2D eigenvalue weighted by Gasteiger charge is -2.63. The normalized spacial score (nSPS) is 44.6. The molecule has 6 saturated carbocycles. The van der Waals surface area contributed by atoms with Crippen molar-refractivity contribution in [3.63, 3.8) is 0 Å². The van der Waals surface area contributed by atoms with Gasteiger partial charge in [0.15, 0.2) is 46.7 Å². The van der Waals surface area contributed by atoms with Crippen LogP contribution in [0, 0.1) is 68.6 Å². The van der Waals surface area contributed by atoms with E-state index in [1.807, 2.05) is 0 Å². The van der Waals surface area contributed by atoms with E-state index in [0.29, 0.717) is 23.9 Å². The maximum absolute atomic E-state index is 17.6. The SMILES string of the molecule is C.C.CN(C)C(=O)SC(=O)[C@@]12OC(c3ccc(F)cc3F)O[C@@H]1C[C@H]1[C@@H]3C[C@H](F)C4=CC(=O)C=C[C@]4(C)[C@@]3(F)[C@@H](O)C[C@@]12C.C[C@]12C=CC(=O)C=C1[C@@H](F)C[C@H]1[C@@H]3C[C@H]4OC(c5ccc(F)cc5F)O[C@@]4(C(=O)O)[C@@]3(C)C[C@H](O)[C@@]12F. The number of aliphatic carboxylic acids is 1. The van der Waals surface area contributed by atoms with Crippen molar-refractivity contribution in [3.05, 3.63) is 118 Å². The largest absolute Gasteiger partial charge is 0.479 e. The summed E-state index contributed by atoms with van der Waals surface area (Å²) in [6.07, 6.45) is -6.30. The number of aliphatic hydroxyl groups excluding tert-OH is 2. The Morgan fingerprint density at radius 1 is 0.630 bits per heavy atom. The van der Waals surface area contributed by atoms with E-state index in [-0.39, 0.29) is 75.7 Å². The van der Waals surface area contributed by atoms with Crippen LogP contribution >= 0.6 is 11.8 Å². The third-order valence-electron chi connectivity index (χ3n) is 20.3. The smallest absolute Gasteiger partial charge is 0.339 e. The maximum atomic E-state index is 17.6. The Balaban J connectivity index is 0.000000192. The summed E-state index contributed by atoms with van der Waals surface area (Å²) in [6, 6.07) is 5.54. The second kappa shape index (κ2) is 19.8. The maximum Gasteiger partial charge on any atom is 0.339 e. The minimum atomic E-state index is -2.40. The second-order valence-corrected chi connectivity index (χ2v) is 24.9. The summed E-state index contributed by atoms with van der Waals surface area (Å²) in [6.45, 7) is 6.11. The topological polar surface area (TPSA) is 186 Å². The van der Waals surface area contributed by atoms with Gasteiger partial charge in [0.25, 0.3) is 5.24 Å². The summed E-state index contributed by atoms with van der Waals surface area (Å²) in [5, 5.41) is 32.1. The first kappa shape index (κ1) is 60.5. The Hall–Kier alpha value is -5.10. The molecule has 2 aliphatic heterocycles. The molecule has 20 atom stereocenters. The van der Waals surface area contributed by atoms with Crippen LogP contribution in [0.5, 0.6) is 0 Å². The number of ketones is 2. The summed E-state index contributed by atoms with van der Waals surface area (Å²) in [4.78, 5) is 64.9. The number of alkyl halides is 4. The van der Waals surface area contributed by atoms with Crippen molar-refractivity contribution in [2.75, 3.05) is 14.1 Å². The Bertz CT molecular complexity index is 3140. The quantitative estimate of drug-likeness (QED) is 0.246. The molecule has 2 saturated heterocycles. The summed E-state index contributed by atoms with van der Waals surface area (Å²) < 4.78 is 147. The van der Waals surface area contributed by atoms with E-state index >= 15 is 17.6 Å². The van der Waals surface area contributed by atoms with Crippen LogP contribution in [0.4, 0.5) is 39.9 Å². The van der Waals surface area contributed by atoms with Crippen LogP contribution in [0.25, 0.3) is 0 Å². The number of benzene rings is 2. The molecule has 1 amide bonds. The molecule has 12 rings (SSSR count). The van der Waals surface area contributed by atoms with Crippen molar-refractivity contribution in [3.8, 4) is 0 Å². The number of rotatable bonds is 4. The highest BCUT2D eigenvalue weighted by atomic mass is 32.2. The monoisotopic (exact) mass is 1160 g/mol. The van der Waals surface area contributed by atoms with E-state index in [1.165, 1.54) is 51.1 Å². The number of amides is 1. The zero-order valence-electron chi connectivity index (χ0n) is 43.5. The molecule has 0 spiro atoms. The van der Waals surface area contributed by atoms with Gasteiger partial charge in [0, 0.05) is 82.6 Å². The van der Waals surface area contributed by atoms with Gasteiger partial charge in [-0.05, 0) is 124 Å². The van der Waals surface area contributed by atoms with Crippen molar-refractivity contribution in [1.29, 1.82) is 0 Å². The first-order chi connectivity index (χ1) is 36.9. The summed E-state index contributed by atoms with van der Waals surface area (Å²) in [5.74, 6) is -9.73. The third-order valence-corrected chi connectivity index (χ3v) is 21.4. The van der Waals surface area contributed by atoms with Gasteiger partial charge in [-0.1, -0.05) is 40.9 Å². The Kier molecular flexibility index (Phi) is 14.8. The molecule has 13 nitrogen and oxygen atoms in total. The molecule has 0 aromatic heterocycles. The van der Waals surface area contributed by atoms with Crippen molar-refractivity contribution in [2.24, 2.45) is 45.3 Å². The number of carboxylic acid groups (broad SMARTS) is 1. The molecule has 2 heterocycles. The van der Waals surface area contributed by atoms with Crippen LogP contribution < -0.4 is 0 Å².